The molecule has 0 atom stereocenters. The van der Waals surface area contributed by atoms with Gasteiger partial charge < -0.3 is 15.1 Å². The second kappa shape index (κ2) is 11.3. The topological polar surface area (TPSA) is 76.9 Å². The molecule has 0 amide bonds. The second-order valence-corrected chi connectivity index (χ2v) is 6.42. The van der Waals surface area contributed by atoms with Gasteiger partial charge in [0.15, 0.2) is 0 Å². The van der Waals surface area contributed by atoms with Gasteiger partial charge in [-0.1, -0.05) is 11.6 Å². The molecule has 0 saturated carbocycles. The molecule has 144 valence electrons. The molecule has 2 heterocycles. The number of carboxylic acids is 1. The lowest BCUT2D eigenvalue weighted by molar-refractivity contribution is -0.131. The lowest BCUT2D eigenvalue weighted by Crippen LogP contribution is -2.47. The van der Waals surface area contributed by atoms with Crippen molar-refractivity contribution < 1.29 is 15.0 Å². The zero-order valence-corrected chi connectivity index (χ0v) is 15.8. The van der Waals surface area contributed by atoms with Gasteiger partial charge in [-0.2, -0.15) is 0 Å². The number of carbonyl (C=O) groups is 1. The number of anilines is 1. The molecule has 1 aliphatic heterocycles. The Hall–Kier alpha value is -2.41. The highest BCUT2D eigenvalue weighted by atomic mass is 35.5. The number of hydrogen-bond acceptors (Lipinski definition) is 5. The smallest absolute Gasteiger partial charge is 0.328 e. The molecule has 6 nitrogen and oxygen atoms in total. The van der Waals surface area contributed by atoms with E-state index in [9.17, 15) is 4.79 Å². The molecule has 0 bridgehead atoms. The monoisotopic (exact) mass is 389 g/mol. The summed E-state index contributed by atoms with van der Waals surface area (Å²) in [6, 6.07) is 11.4. The Bertz CT molecular complexity index is 715. The maximum atomic E-state index is 10.1. The zero-order chi connectivity index (χ0) is 19.5. The van der Waals surface area contributed by atoms with Gasteiger partial charge in [-0.05, 0) is 48.0 Å². The third kappa shape index (κ3) is 7.78. The highest BCUT2D eigenvalue weighted by Crippen LogP contribution is 2.19. The van der Waals surface area contributed by atoms with E-state index >= 15 is 0 Å². The number of aromatic nitrogens is 1. The van der Waals surface area contributed by atoms with Crippen LogP contribution < -0.4 is 4.90 Å². The number of aliphatic hydroxyl groups is 1. The van der Waals surface area contributed by atoms with Crippen LogP contribution in [0, 0.1) is 0 Å². The Labute approximate surface area is 164 Å². The van der Waals surface area contributed by atoms with Gasteiger partial charge in [0.25, 0.3) is 0 Å². The first kappa shape index (κ1) is 20.9. The van der Waals surface area contributed by atoms with Crippen LogP contribution in [-0.2, 0) is 4.79 Å². The summed E-state index contributed by atoms with van der Waals surface area (Å²) in [7, 11) is 0. The summed E-state index contributed by atoms with van der Waals surface area (Å²) in [6.45, 7) is 5.10. The predicted molar refractivity (Wildman–Crippen MR) is 108 cm³/mol. The molecular formula is C20H24ClN3O3. The van der Waals surface area contributed by atoms with Gasteiger partial charge in [-0.15, -0.1) is 0 Å². The number of aliphatic hydroxyl groups excluding tert-OH is 1. The summed E-state index contributed by atoms with van der Waals surface area (Å²) >= 11 is 5.86. The number of piperazine rings is 1. The van der Waals surface area contributed by atoms with Crippen molar-refractivity contribution in [3.63, 3.8) is 0 Å². The van der Waals surface area contributed by atoms with Gasteiger partial charge in [0.05, 0.1) is 6.61 Å². The molecule has 1 aliphatic rings. The van der Waals surface area contributed by atoms with Crippen LogP contribution in [0.15, 0.2) is 54.9 Å². The number of β-amino-alcohol motifs (C(OH)–C–C–N with tert-alkyl or cyclic N) is 1. The largest absolute Gasteiger partial charge is 0.478 e. The van der Waals surface area contributed by atoms with E-state index in [-0.39, 0.29) is 6.61 Å². The summed E-state index contributed by atoms with van der Waals surface area (Å²) in [6.07, 6.45) is 5.84. The fourth-order valence-electron chi connectivity index (χ4n) is 2.67. The van der Waals surface area contributed by atoms with Gasteiger partial charge >= 0.3 is 5.97 Å². The minimum absolute atomic E-state index is 0.251. The summed E-state index contributed by atoms with van der Waals surface area (Å²) in [5, 5.41) is 17.9. The van der Waals surface area contributed by atoms with Crippen molar-refractivity contribution in [3.8, 4) is 0 Å². The van der Waals surface area contributed by atoms with Crippen molar-refractivity contribution >= 4 is 29.3 Å². The van der Waals surface area contributed by atoms with Crippen LogP contribution in [0.1, 0.15) is 5.56 Å². The molecule has 1 aromatic carbocycles. The van der Waals surface area contributed by atoms with Crippen molar-refractivity contribution in [3.05, 3.63) is 65.5 Å². The fourth-order valence-corrected chi connectivity index (χ4v) is 2.79. The van der Waals surface area contributed by atoms with Crippen LogP contribution in [0.25, 0.3) is 6.08 Å². The average Bonchev–Trinajstić information content (AvgIpc) is 2.69. The Morgan fingerprint density at radius 1 is 1.07 bits per heavy atom. The van der Waals surface area contributed by atoms with Crippen molar-refractivity contribution in [2.45, 2.75) is 0 Å². The van der Waals surface area contributed by atoms with Gasteiger partial charge in [0.1, 0.15) is 0 Å². The molecule has 1 aromatic heterocycles. The molecule has 3 rings (SSSR count). The van der Waals surface area contributed by atoms with Crippen LogP contribution >= 0.6 is 11.6 Å². The summed E-state index contributed by atoms with van der Waals surface area (Å²) in [5.74, 6) is -0.943. The van der Waals surface area contributed by atoms with E-state index in [4.69, 9.17) is 21.8 Å². The Morgan fingerprint density at radius 3 is 2.26 bits per heavy atom. The SMILES string of the molecule is O=C(O)/C=C/c1ccncc1.OCCN1CCN(c2ccc(Cl)cc2)CC1. The quantitative estimate of drug-likeness (QED) is 0.765. The van der Waals surface area contributed by atoms with Crippen molar-refractivity contribution in [2.24, 2.45) is 0 Å². The van der Waals surface area contributed by atoms with E-state index in [1.807, 2.05) is 12.1 Å². The van der Waals surface area contributed by atoms with E-state index in [1.54, 1.807) is 24.5 Å². The third-order valence-electron chi connectivity index (χ3n) is 4.10. The molecule has 0 unspecified atom stereocenters. The number of nitrogens with zero attached hydrogens (tertiary/aromatic N) is 3. The number of halogens is 1. The third-order valence-corrected chi connectivity index (χ3v) is 4.36. The van der Waals surface area contributed by atoms with Crippen LogP contribution in [0.2, 0.25) is 5.02 Å². The van der Waals surface area contributed by atoms with E-state index in [0.29, 0.717) is 0 Å². The molecular weight excluding hydrogens is 366 g/mol. The molecule has 27 heavy (non-hydrogen) atoms. The molecule has 0 spiro atoms. The first-order valence-corrected chi connectivity index (χ1v) is 9.11. The maximum Gasteiger partial charge on any atom is 0.328 e. The number of pyridine rings is 1. The van der Waals surface area contributed by atoms with E-state index in [1.165, 1.54) is 11.8 Å². The van der Waals surface area contributed by atoms with E-state index in [0.717, 1.165) is 49.4 Å². The number of benzene rings is 1. The fraction of sp³-hybridized carbons (Fsp3) is 0.300. The Morgan fingerprint density at radius 2 is 1.70 bits per heavy atom. The van der Waals surface area contributed by atoms with Crippen LogP contribution in [0.3, 0.4) is 0 Å². The lowest BCUT2D eigenvalue weighted by Gasteiger charge is -2.35. The second-order valence-electron chi connectivity index (χ2n) is 5.98. The van der Waals surface area contributed by atoms with Crippen molar-refractivity contribution in [1.29, 1.82) is 0 Å². The van der Waals surface area contributed by atoms with Crippen LogP contribution in [0.4, 0.5) is 5.69 Å². The highest BCUT2D eigenvalue weighted by molar-refractivity contribution is 6.30. The van der Waals surface area contributed by atoms with Crippen LogP contribution in [0.5, 0.6) is 0 Å². The first-order valence-electron chi connectivity index (χ1n) is 8.73. The number of carboxylic acid groups (broad SMARTS) is 1. The lowest BCUT2D eigenvalue weighted by atomic mass is 10.2. The van der Waals surface area contributed by atoms with Gasteiger partial charge in [-0.3, -0.25) is 9.88 Å². The summed E-state index contributed by atoms with van der Waals surface area (Å²) in [5.41, 5.74) is 2.07. The predicted octanol–water partition coefficient (Wildman–Crippen LogP) is 2.63. The molecule has 0 radical (unpaired) electrons. The molecule has 2 N–H and O–H groups in total. The average molecular weight is 390 g/mol. The highest BCUT2D eigenvalue weighted by Gasteiger charge is 2.16. The Kier molecular flexibility index (Phi) is 8.77. The maximum absolute atomic E-state index is 10.1. The summed E-state index contributed by atoms with van der Waals surface area (Å²) in [4.78, 5) is 18.5. The van der Waals surface area contributed by atoms with Gasteiger partial charge in [0, 0.05) is 61.9 Å². The number of hydrogen-bond donors (Lipinski definition) is 2. The van der Waals surface area contributed by atoms with Crippen LogP contribution in [-0.4, -0.2) is 65.4 Å². The standard InChI is InChI=1S/C12H17ClN2O.C8H7NO2/c13-11-1-3-12(4-2-11)15-7-5-14(6-8-15)9-10-16;10-8(11)2-1-7-3-5-9-6-4-7/h1-4,16H,5-10H2;1-6H,(H,10,11)/b;2-1+. The first-order chi connectivity index (χ1) is 13.1. The number of aliphatic carboxylic acids is 1. The molecule has 0 aliphatic carbocycles. The summed E-state index contributed by atoms with van der Waals surface area (Å²) < 4.78 is 0. The molecule has 1 saturated heterocycles. The minimum Gasteiger partial charge on any atom is -0.478 e. The number of rotatable bonds is 5. The van der Waals surface area contributed by atoms with Gasteiger partial charge in [0.2, 0.25) is 0 Å². The minimum atomic E-state index is -0.943. The van der Waals surface area contributed by atoms with Gasteiger partial charge in [-0.25, -0.2) is 4.79 Å². The van der Waals surface area contributed by atoms with E-state index < -0.39 is 5.97 Å². The Balaban J connectivity index is 0.000000208. The zero-order valence-electron chi connectivity index (χ0n) is 15.0. The normalized spacial score (nSPS) is 14.7. The molecule has 7 heteroatoms. The van der Waals surface area contributed by atoms with Crippen molar-refractivity contribution in [2.75, 3.05) is 44.2 Å². The molecule has 2 aromatic rings. The van der Waals surface area contributed by atoms with E-state index in [2.05, 4.69) is 26.9 Å². The molecule has 1 fully saturated rings. The van der Waals surface area contributed by atoms with Crippen molar-refractivity contribution in [1.82, 2.24) is 9.88 Å².